The average molecular weight is 466 g/mol. The van der Waals surface area contributed by atoms with Crippen LogP contribution in [0.25, 0.3) is 0 Å². The molecule has 0 spiro atoms. The molecule has 1 saturated heterocycles. The number of imide groups is 1. The van der Waals surface area contributed by atoms with Crippen LogP contribution in [-0.4, -0.2) is 41.1 Å². The first kappa shape index (κ1) is 21.8. The third-order valence-electron chi connectivity index (χ3n) is 7.43. The number of amides is 2. The minimum Gasteiger partial charge on any atom is -0.453 e. The van der Waals surface area contributed by atoms with Crippen molar-refractivity contribution in [2.45, 2.75) is 31.8 Å². The Labute approximate surface area is 196 Å². The topological polar surface area (TPSA) is 80.8 Å². The van der Waals surface area contributed by atoms with E-state index in [0.717, 1.165) is 17.7 Å². The molecule has 5 rings (SSSR count). The molecule has 0 radical (unpaired) electrons. The maximum Gasteiger partial charge on any atom is 0.326 e. The smallest absolute Gasteiger partial charge is 0.326 e. The quantitative estimate of drug-likeness (QED) is 0.367. The Bertz CT molecular complexity index is 1120. The van der Waals surface area contributed by atoms with E-state index in [0.29, 0.717) is 10.6 Å². The van der Waals surface area contributed by atoms with E-state index in [4.69, 9.17) is 16.3 Å². The van der Waals surface area contributed by atoms with Crippen molar-refractivity contribution < 1.29 is 23.9 Å². The molecule has 170 valence electrons. The summed E-state index contributed by atoms with van der Waals surface area (Å²) in [6, 6.07) is 16.4. The molecular formula is C26H24ClNO5. The minimum atomic E-state index is -1.04. The highest BCUT2D eigenvalue weighted by atomic mass is 35.5. The molecular weight excluding hydrogens is 442 g/mol. The van der Waals surface area contributed by atoms with Gasteiger partial charge in [0.1, 0.15) is 6.54 Å². The summed E-state index contributed by atoms with van der Waals surface area (Å²) in [6.45, 7) is 1.01. The van der Waals surface area contributed by atoms with Gasteiger partial charge in [-0.15, -0.1) is 0 Å². The second-order valence-corrected chi connectivity index (χ2v) is 9.67. The first-order chi connectivity index (χ1) is 15.8. The van der Waals surface area contributed by atoms with Crippen LogP contribution in [0.4, 0.5) is 0 Å². The number of rotatable bonds is 6. The van der Waals surface area contributed by atoms with Crippen molar-refractivity contribution in [1.29, 1.82) is 0 Å². The molecule has 7 heteroatoms. The van der Waals surface area contributed by atoms with Crippen LogP contribution < -0.4 is 0 Å². The van der Waals surface area contributed by atoms with E-state index in [1.807, 2.05) is 18.2 Å². The Balaban J connectivity index is 1.24. The lowest BCUT2D eigenvalue weighted by atomic mass is 9.73. The first-order valence-electron chi connectivity index (χ1n) is 11.2. The summed E-state index contributed by atoms with van der Waals surface area (Å²) in [7, 11) is 0. The number of fused-ring (bicyclic) bond motifs is 5. The van der Waals surface area contributed by atoms with E-state index in [9.17, 15) is 19.2 Å². The van der Waals surface area contributed by atoms with Crippen LogP contribution in [0.5, 0.6) is 0 Å². The molecule has 1 aliphatic heterocycles. The highest BCUT2D eigenvalue weighted by molar-refractivity contribution is 6.30. The van der Waals surface area contributed by atoms with Gasteiger partial charge in [-0.25, -0.2) is 0 Å². The maximum atomic E-state index is 13.2. The summed E-state index contributed by atoms with van der Waals surface area (Å²) in [6.07, 6.45) is 0.724. The second-order valence-electron chi connectivity index (χ2n) is 9.23. The van der Waals surface area contributed by atoms with E-state index in [1.165, 1.54) is 12.5 Å². The van der Waals surface area contributed by atoms with Crippen molar-refractivity contribution in [3.8, 4) is 0 Å². The number of ether oxygens (including phenoxy) is 1. The van der Waals surface area contributed by atoms with Gasteiger partial charge in [0.05, 0.1) is 11.8 Å². The fourth-order valence-electron chi connectivity index (χ4n) is 6.03. The van der Waals surface area contributed by atoms with Gasteiger partial charge in [0, 0.05) is 10.6 Å². The number of hydrogen-bond donors (Lipinski definition) is 0. The number of Topliss-reactive ketones (excluding diaryl/α,β-unsaturated/α-hetero) is 1. The number of esters is 1. The standard InChI is InChI=1S/C26H24ClNO5/c1-14(24(30)16-7-9-18(27)10-8-16)33-21(29)13-28-25(31)22-17-11-19(15-5-3-2-4-6-15)20(12-17)23(22)26(28)32/h2-10,14,17,19-20,22-23H,11-13H2,1H3/t14-,17+,19-,20+,22-,23-/m0/s1. The first-order valence-corrected chi connectivity index (χ1v) is 11.6. The van der Waals surface area contributed by atoms with E-state index >= 15 is 0 Å². The second kappa shape index (κ2) is 8.41. The van der Waals surface area contributed by atoms with Crippen LogP contribution in [-0.2, 0) is 19.1 Å². The summed E-state index contributed by atoms with van der Waals surface area (Å²) in [5, 5.41) is 0.497. The maximum absolute atomic E-state index is 13.2. The molecule has 6 atom stereocenters. The molecule has 0 aromatic heterocycles. The van der Waals surface area contributed by atoms with Crippen LogP contribution in [0.2, 0.25) is 5.02 Å². The van der Waals surface area contributed by atoms with Crippen LogP contribution in [0.3, 0.4) is 0 Å². The van der Waals surface area contributed by atoms with Crippen molar-refractivity contribution in [3.63, 3.8) is 0 Å². The molecule has 3 fully saturated rings. The molecule has 2 aromatic rings. The monoisotopic (exact) mass is 465 g/mol. The number of halogens is 1. The van der Waals surface area contributed by atoms with Crippen LogP contribution in [0.15, 0.2) is 54.6 Å². The largest absolute Gasteiger partial charge is 0.453 e. The summed E-state index contributed by atoms with van der Waals surface area (Å²) >= 11 is 5.85. The third-order valence-corrected chi connectivity index (χ3v) is 7.68. The minimum absolute atomic E-state index is 0.116. The Morgan fingerprint density at radius 1 is 1.00 bits per heavy atom. The van der Waals surface area contributed by atoms with Crippen molar-refractivity contribution in [2.75, 3.05) is 6.54 Å². The Morgan fingerprint density at radius 2 is 1.67 bits per heavy atom. The molecule has 33 heavy (non-hydrogen) atoms. The number of hydrogen-bond acceptors (Lipinski definition) is 5. The summed E-state index contributed by atoms with van der Waals surface area (Å²) < 4.78 is 5.27. The summed E-state index contributed by atoms with van der Waals surface area (Å²) in [5.41, 5.74) is 1.57. The zero-order valence-corrected chi connectivity index (χ0v) is 18.9. The highest BCUT2D eigenvalue weighted by Gasteiger charge is 2.64. The molecule has 1 heterocycles. The Morgan fingerprint density at radius 3 is 2.36 bits per heavy atom. The normalized spacial score (nSPS) is 28.7. The van der Waals surface area contributed by atoms with E-state index in [2.05, 4.69) is 12.1 Å². The van der Waals surface area contributed by atoms with Gasteiger partial charge in [-0.05, 0) is 67.3 Å². The van der Waals surface area contributed by atoms with Gasteiger partial charge in [0.15, 0.2) is 6.10 Å². The molecule has 6 nitrogen and oxygen atoms in total. The van der Waals surface area contributed by atoms with Crippen molar-refractivity contribution >= 4 is 35.2 Å². The van der Waals surface area contributed by atoms with E-state index in [1.54, 1.807) is 24.3 Å². The summed E-state index contributed by atoms with van der Waals surface area (Å²) in [5.74, 6) is -1.88. The molecule has 2 aliphatic carbocycles. The van der Waals surface area contributed by atoms with E-state index in [-0.39, 0.29) is 47.2 Å². The zero-order chi connectivity index (χ0) is 23.3. The Hall–Kier alpha value is -2.99. The molecule has 2 bridgehead atoms. The van der Waals surface area contributed by atoms with Crippen molar-refractivity contribution in [2.24, 2.45) is 23.7 Å². The molecule has 0 unspecified atom stereocenters. The molecule has 2 amide bonds. The third kappa shape index (κ3) is 3.76. The van der Waals surface area contributed by atoms with Gasteiger partial charge in [-0.2, -0.15) is 0 Å². The zero-order valence-electron chi connectivity index (χ0n) is 18.1. The van der Waals surface area contributed by atoms with E-state index < -0.39 is 18.6 Å². The van der Waals surface area contributed by atoms with Crippen molar-refractivity contribution in [1.82, 2.24) is 4.90 Å². The lowest BCUT2D eigenvalue weighted by Crippen LogP contribution is -2.39. The van der Waals surface area contributed by atoms with Gasteiger partial charge in [0.2, 0.25) is 17.6 Å². The lowest BCUT2D eigenvalue weighted by Gasteiger charge is -2.28. The predicted octanol–water partition coefficient (Wildman–Crippen LogP) is 3.88. The van der Waals surface area contributed by atoms with Crippen LogP contribution in [0.1, 0.15) is 41.6 Å². The SMILES string of the molecule is C[C@H](OC(=O)CN1C(=O)[C@H]2[C@H]3C[C@@H]([C@@H]2C1=O)[C@H](c1ccccc1)C3)C(=O)c1ccc(Cl)cc1. The van der Waals surface area contributed by atoms with Crippen LogP contribution in [0, 0.1) is 23.7 Å². The molecule has 3 aliphatic rings. The average Bonchev–Trinajstić information content (AvgIpc) is 3.47. The predicted molar refractivity (Wildman–Crippen MR) is 120 cm³/mol. The lowest BCUT2D eigenvalue weighted by molar-refractivity contribution is -0.155. The van der Waals surface area contributed by atoms with Gasteiger partial charge in [0.25, 0.3) is 0 Å². The van der Waals surface area contributed by atoms with Crippen molar-refractivity contribution in [3.05, 3.63) is 70.7 Å². The number of nitrogens with zero attached hydrogens (tertiary/aromatic N) is 1. The fourth-order valence-corrected chi connectivity index (χ4v) is 6.15. The summed E-state index contributed by atoms with van der Waals surface area (Å²) in [4.78, 5) is 52.3. The number of carbonyl (C=O) groups is 4. The van der Waals surface area contributed by atoms with Gasteiger partial charge in [-0.1, -0.05) is 41.9 Å². The van der Waals surface area contributed by atoms with Crippen LogP contribution >= 0.6 is 11.6 Å². The number of ketones is 1. The number of benzene rings is 2. The van der Waals surface area contributed by atoms with Gasteiger partial charge in [-0.3, -0.25) is 24.1 Å². The van der Waals surface area contributed by atoms with Gasteiger partial charge < -0.3 is 4.74 Å². The Kier molecular flexibility index (Phi) is 5.57. The number of carbonyl (C=O) groups excluding carboxylic acids is 4. The highest BCUT2D eigenvalue weighted by Crippen LogP contribution is 2.61. The molecule has 2 aromatic carbocycles. The fraction of sp³-hybridized carbons (Fsp3) is 0.385. The molecule has 0 N–H and O–H groups in total. The molecule has 2 saturated carbocycles. The number of likely N-dealkylation sites (tertiary alicyclic amines) is 1. The van der Waals surface area contributed by atoms with Gasteiger partial charge >= 0.3 is 5.97 Å².